The van der Waals surface area contributed by atoms with Crippen LogP contribution >= 0.6 is 11.3 Å². The number of rotatable bonds is 5. The summed E-state index contributed by atoms with van der Waals surface area (Å²) in [6.07, 6.45) is 2.69. The molecule has 0 saturated heterocycles. The highest BCUT2D eigenvalue weighted by atomic mass is 32.1. The largest absolute Gasteiger partial charge is 0.481 e. The Bertz CT molecular complexity index is 821. The summed E-state index contributed by atoms with van der Waals surface area (Å²) in [5.74, 6) is -2.32. The molecular weight excluding hydrogens is 324 g/mol. The highest BCUT2D eigenvalue weighted by Crippen LogP contribution is 2.38. The number of anilines is 1. The summed E-state index contributed by atoms with van der Waals surface area (Å²) in [6.45, 7) is 0. The Kier molecular flexibility index (Phi) is 4.63. The smallest absolute Gasteiger partial charge is 0.311 e. The number of carbonyl (C=O) groups excluding carboxylic acids is 1. The summed E-state index contributed by atoms with van der Waals surface area (Å²) in [5, 5.41) is 22.0. The summed E-state index contributed by atoms with van der Waals surface area (Å²) < 4.78 is 0. The van der Waals surface area contributed by atoms with Gasteiger partial charge < -0.3 is 10.4 Å². The van der Waals surface area contributed by atoms with Gasteiger partial charge >= 0.3 is 5.97 Å². The molecule has 1 aromatic heterocycles. The van der Waals surface area contributed by atoms with Crippen LogP contribution in [0.5, 0.6) is 0 Å². The van der Waals surface area contributed by atoms with Gasteiger partial charge in [0, 0.05) is 11.3 Å². The van der Waals surface area contributed by atoms with Gasteiger partial charge in [-0.05, 0) is 30.4 Å². The third-order valence-electron chi connectivity index (χ3n) is 4.18. The highest BCUT2D eigenvalue weighted by Gasteiger charge is 2.26. The number of thiophene rings is 1. The highest BCUT2D eigenvalue weighted by molar-refractivity contribution is 7.16. The van der Waals surface area contributed by atoms with Crippen molar-refractivity contribution in [2.24, 2.45) is 0 Å². The fourth-order valence-corrected chi connectivity index (χ4v) is 4.26. The molecule has 1 amide bonds. The van der Waals surface area contributed by atoms with Crippen LogP contribution < -0.4 is 5.32 Å². The molecule has 0 spiro atoms. The van der Waals surface area contributed by atoms with Crippen LogP contribution in [-0.2, 0) is 22.4 Å². The minimum atomic E-state index is -1.04. The first kappa shape index (κ1) is 16.2. The van der Waals surface area contributed by atoms with Gasteiger partial charge in [0.2, 0.25) is 5.91 Å². The molecule has 0 bridgehead atoms. The second-order valence-electron chi connectivity index (χ2n) is 5.73. The lowest BCUT2D eigenvalue weighted by Crippen LogP contribution is -2.20. The molecule has 1 aromatic carbocycles. The van der Waals surface area contributed by atoms with Crippen LogP contribution in [0.3, 0.4) is 0 Å². The average Bonchev–Trinajstić information content (AvgIpc) is 3.13. The van der Waals surface area contributed by atoms with E-state index < -0.39 is 11.9 Å². The predicted molar refractivity (Wildman–Crippen MR) is 91.1 cm³/mol. The van der Waals surface area contributed by atoms with Crippen LogP contribution in [-0.4, -0.2) is 17.0 Å². The Labute approximate surface area is 143 Å². The van der Waals surface area contributed by atoms with Gasteiger partial charge in [0.05, 0.1) is 11.5 Å². The average molecular weight is 340 g/mol. The molecule has 1 aliphatic rings. The van der Waals surface area contributed by atoms with Crippen molar-refractivity contribution >= 4 is 28.2 Å². The summed E-state index contributed by atoms with van der Waals surface area (Å²) in [6, 6.07) is 10.9. The number of carboxylic acids is 1. The van der Waals surface area contributed by atoms with E-state index in [1.54, 1.807) is 30.3 Å². The van der Waals surface area contributed by atoms with E-state index >= 15 is 0 Å². The van der Waals surface area contributed by atoms with Gasteiger partial charge in [-0.1, -0.05) is 30.3 Å². The van der Waals surface area contributed by atoms with Crippen LogP contribution in [0.1, 0.15) is 40.3 Å². The van der Waals surface area contributed by atoms with Gasteiger partial charge in [-0.2, -0.15) is 5.26 Å². The molecule has 0 fully saturated rings. The zero-order chi connectivity index (χ0) is 17.1. The van der Waals surface area contributed by atoms with Gasteiger partial charge in [0.15, 0.2) is 0 Å². The minimum Gasteiger partial charge on any atom is -0.481 e. The second-order valence-corrected chi connectivity index (χ2v) is 6.83. The summed E-state index contributed by atoms with van der Waals surface area (Å²) in [4.78, 5) is 25.0. The molecule has 0 aliphatic heterocycles. The van der Waals surface area contributed by atoms with Gasteiger partial charge in [0.25, 0.3) is 0 Å². The van der Waals surface area contributed by atoms with Gasteiger partial charge in [0.1, 0.15) is 11.1 Å². The van der Waals surface area contributed by atoms with Crippen molar-refractivity contribution in [3.05, 3.63) is 51.9 Å². The summed E-state index contributed by atoms with van der Waals surface area (Å²) >= 11 is 1.43. The van der Waals surface area contributed by atoms with Gasteiger partial charge in [-0.3, -0.25) is 9.59 Å². The number of hydrogen-bond donors (Lipinski definition) is 2. The number of aryl methyl sites for hydroxylation is 1. The number of benzene rings is 1. The van der Waals surface area contributed by atoms with Gasteiger partial charge in [-0.15, -0.1) is 11.3 Å². The molecule has 1 aliphatic carbocycles. The first-order valence-corrected chi connectivity index (χ1v) is 8.54. The van der Waals surface area contributed by atoms with E-state index in [0.717, 1.165) is 29.7 Å². The Balaban J connectivity index is 1.76. The number of nitrogens with zero attached hydrogens (tertiary/aromatic N) is 1. The van der Waals surface area contributed by atoms with E-state index in [9.17, 15) is 20.0 Å². The number of fused-ring (bicyclic) bond motifs is 1. The minimum absolute atomic E-state index is 0.160. The lowest BCUT2D eigenvalue weighted by molar-refractivity contribution is -0.140. The number of nitriles is 1. The van der Waals surface area contributed by atoms with E-state index in [0.29, 0.717) is 16.1 Å². The number of aliphatic carboxylic acids is 1. The quantitative estimate of drug-likeness (QED) is 0.874. The number of carbonyl (C=O) groups is 2. The SMILES string of the molecule is N#Cc1c(NC(=O)C[C@@H](C(=O)O)c2ccccc2)sc2c1CCC2. The third-order valence-corrected chi connectivity index (χ3v) is 5.38. The second kappa shape index (κ2) is 6.85. The third kappa shape index (κ3) is 3.17. The zero-order valence-corrected chi connectivity index (χ0v) is 13.7. The molecule has 2 N–H and O–H groups in total. The van der Waals surface area contributed by atoms with Crippen molar-refractivity contribution in [1.29, 1.82) is 5.26 Å². The van der Waals surface area contributed by atoms with Crippen LogP contribution in [0.15, 0.2) is 30.3 Å². The van der Waals surface area contributed by atoms with Crippen molar-refractivity contribution < 1.29 is 14.7 Å². The molecule has 0 radical (unpaired) electrons. The molecule has 1 atom stereocenters. The van der Waals surface area contributed by atoms with Crippen LogP contribution in [0.25, 0.3) is 0 Å². The molecule has 0 saturated carbocycles. The number of hydrogen-bond acceptors (Lipinski definition) is 4. The monoisotopic (exact) mass is 340 g/mol. The van der Waals surface area contributed by atoms with E-state index in [2.05, 4.69) is 11.4 Å². The molecular formula is C18H16N2O3S. The van der Waals surface area contributed by atoms with Gasteiger partial charge in [-0.25, -0.2) is 0 Å². The van der Waals surface area contributed by atoms with Crippen molar-refractivity contribution in [1.82, 2.24) is 0 Å². The van der Waals surface area contributed by atoms with Crippen LogP contribution in [0, 0.1) is 11.3 Å². The van der Waals surface area contributed by atoms with E-state index in [1.807, 2.05) is 0 Å². The van der Waals surface area contributed by atoms with Crippen molar-refractivity contribution in [2.45, 2.75) is 31.6 Å². The first-order valence-electron chi connectivity index (χ1n) is 7.72. The maximum Gasteiger partial charge on any atom is 0.311 e. The van der Waals surface area contributed by atoms with Crippen molar-refractivity contribution in [3.63, 3.8) is 0 Å². The number of amides is 1. The summed E-state index contributed by atoms with van der Waals surface area (Å²) in [7, 11) is 0. The molecule has 6 heteroatoms. The normalized spacial score (nSPS) is 13.8. The van der Waals surface area contributed by atoms with Crippen molar-refractivity contribution in [3.8, 4) is 6.07 Å². The Morgan fingerprint density at radius 1 is 1.29 bits per heavy atom. The number of carboxylic acid groups (broad SMARTS) is 1. The zero-order valence-electron chi connectivity index (χ0n) is 12.9. The molecule has 5 nitrogen and oxygen atoms in total. The Morgan fingerprint density at radius 2 is 2.04 bits per heavy atom. The predicted octanol–water partition coefficient (Wildman–Crippen LogP) is 3.31. The number of nitrogens with one attached hydrogen (secondary N) is 1. The van der Waals surface area contributed by atoms with Crippen molar-refractivity contribution in [2.75, 3.05) is 5.32 Å². The molecule has 3 rings (SSSR count). The maximum atomic E-state index is 12.3. The fourth-order valence-electron chi connectivity index (χ4n) is 3.01. The first-order chi connectivity index (χ1) is 11.6. The maximum absolute atomic E-state index is 12.3. The van der Waals surface area contributed by atoms with E-state index in [1.165, 1.54) is 11.3 Å². The molecule has 122 valence electrons. The molecule has 0 unspecified atom stereocenters. The lowest BCUT2D eigenvalue weighted by atomic mass is 9.95. The molecule has 24 heavy (non-hydrogen) atoms. The Morgan fingerprint density at radius 3 is 2.71 bits per heavy atom. The van der Waals surface area contributed by atoms with Crippen LogP contribution in [0.2, 0.25) is 0 Å². The fraction of sp³-hybridized carbons (Fsp3) is 0.278. The lowest BCUT2D eigenvalue weighted by Gasteiger charge is -2.12. The molecule has 2 aromatic rings. The topological polar surface area (TPSA) is 90.2 Å². The summed E-state index contributed by atoms with van der Waals surface area (Å²) in [5.41, 5.74) is 2.16. The van der Waals surface area contributed by atoms with E-state index in [-0.39, 0.29) is 12.3 Å². The van der Waals surface area contributed by atoms with Crippen LogP contribution in [0.4, 0.5) is 5.00 Å². The van der Waals surface area contributed by atoms with E-state index in [4.69, 9.17) is 0 Å². The standard InChI is InChI=1S/C18H16N2O3S/c19-10-14-12-7-4-8-15(12)24-17(14)20-16(21)9-13(18(22)23)11-5-2-1-3-6-11/h1-3,5-6,13H,4,7-9H2,(H,20,21)(H,22,23)/t13-/m1/s1. The molecule has 1 heterocycles. The Hall–Kier alpha value is -2.65.